The van der Waals surface area contributed by atoms with Gasteiger partial charge in [-0.1, -0.05) is 38.3 Å². The van der Waals surface area contributed by atoms with Crippen LogP contribution >= 0.6 is 0 Å². The summed E-state index contributed by atoms with van der Waals surface area (Å²) < 4.78 is 13.3. The lowest BCUT2D eigenvalue weighted by Gasteiger charge is -2.46. The molecule has 0 spiro atoms. The van der Waals surface area contributed by atoms with Gasteiger partial charge in [0.25, 0.3) is 5.91 Å². The van der Waals surface area contributed by atoms with Crippen molar-refractivity contribution >= 4 is 23.6 Å². The molecule has 9 heteroatoms. The summed E-state index contributed by atoms with van der Waals surface area (Å²) in [7, 11) is 0. The topological polar surface area (TPSA) is 115 Å². The van der Waals surface area contributed by atoms with Crippen LogP contribution in [0.3, 0.4) is 0 Å². The first kappa shape index (κ1) is 23.4. The standard InChI is InChI=1S/C23H29FN4O4/c1-2-3-5-18(20(29)21(30)26-19-10-13-25-27-19)28(22(31)32)15-23(11-4-12-23)14-16-6-8-17(24)9-7-16/h6-10,13,18H,2-5,11-12,14-15H2,1H3,(H,31,32)(H2,25,26,27,30). The molecule has 0 saturated heterocycles. The van der Waals surface area contributed by atoms with Crippen LogP contribution in [0, 0.1) is 11.2 Å². The molecule has 1 aliphatic carbocycles. The van der Waals surface area contributed by atoms with E-state index in [1.807, 2.05) is 6.92 Å². The molecule has 1 heterocycles. The number of rotatable bonds is 11. The molecule has 1 aromatic heterocycles. The van der Waals surface area contributed by atoms with Gasteiger partial charge in [0.05, 0.1) is 6.20 Å². The molecule has 2 amide bonds. The minimum atomic E-state index is -1.22. The van der Waals surface area contributed by atoms with E-state index in [-0.39, 0.29) is 30.0 Å². The summed E-state index contributed by atoms with van der Waals surface area (Å²) in [5.41, 5.74) is 0.589. The van der Waals surface area contributed by atoms with Crippen LogP contribution in [0.5, 0.6) is 0 Å². The van der Waals surface area contributed by atoms with Gasteiger partial charge in [-0.05, 0) is 48.8 Å². The van der Waals surface area contributed by atoms with Gasteiger partial charge in [-0.25, -0.2) is 9.18 Å². The lowest BCUT2D eigenvalue weighted by atomic mass is 9.65. The molecule has 1 saturated carbocycles. The number of carbonyl (C=O) groups is 3. The fourth-order valence-corrected chi connectivity index (χ4v) is 4.26. The van der Waals surface area contributed by atoms with Gasteiger partial charge < -0.3 is 10.4 Å². The number of aromatic amines is 1. The van der Waals surface area contributed by atoms with E-state index in [1.54, 1.807) is 12.1 Å². The second-order valence-corrected chi connectivity index (χ2v) is 8.51. The van der Waals surface area contributed by atoms with E-state index in [0.29, 0.717) is 12.8 Å². The molecule has 32 heavy (non-hydrogen) atoms. The molecule has 1 aromatic carbocycles. The lowest BCUT2D eigenvalue weighted by Crippen LogP contribution is -2.54. The van der Waals surface area contributed by atoms with E-state index in [2.05, 4.69) is 15.5 Å². The highest BCUT2D eigenvalue weighted by Gasteiger charge is 2.43. The minimum Gasteiger partial charge on any atom is -0.465 e. The summed E-state index contributed by atoms with van der Waals surface area (Å²) in [4.78, 5) is 38.9. The van der Waals surface area contributed by atoms with Crippen LogP contribution in [-0.4, -0.2) is 50.6 Å². The predicted molar refractivity (Wildman–Crippen MR) is 117 cm³/mol. The van der Waals surface area contributed by atoms with Gasteiger partial charge in [0.2, 0.25) is 5.78 Å². The van der Waals surface area contributed by atoms with Crippen molar-refractivity contribution in [3.8, 4) is 0 Å². The smallest absolute Gasteiger partial charge is 0.407 e. The van der Waals surface area contributed by atoms with Gasteiger partial charge >= 0.3 is 6.09 Å². The third-order valence-electron chi connectivity index (χ3n) is 6.14. The highest BCUT2D eigenvalue weighted by Crippen LogP contribution is 2.45. The first-order chi connectivity index (χ1) is 15.3. The molecule has 1 fully saturated rings. The van der Waals surface area contributed by atoms with Crippen molar-refractivity contribution in [2.75, 3.05) is 11.9 Å². The molecule has 0 bridgehead atoms. The number of carbonyl (C=O) groups excluding carboxylic acids is 2. The van der Waals surface area contributed by atoms with Crippen molar-refractivity contribution in [1.82, 2.24) is 15.1 Å². The number of nitrogens with zero attached hydrogens (tertiary/aromatic N) is 2. The summed E-state index contributed by atoms with van der Waals surface area (Å²) in [6, 6.07) is 6.64. The maximum Gasteiger partial charge on any atom is 0.407 e. The quantitative estimate of drug-likeness (QED) is 0.453. The Morgan fingerprint density at radius 2 is 1.97 bits per heavy atom. The second-order valence-electron chi connectivity index (χ2n) is 8.51. The lowest BCUT2D eigenvalue weighted by molar-refractivity contribution is -0.138. The Morgan fingerprint density at radius 3 is 2.50 bits per heavy atom. The molecule has 3 rings (SSSR count). The van der Waals surface area contributed by atoms with Crippen molar-refractivity contribution in [2.24, 2.45) is 5.41 Å². The summed E-state index contributed by atoms with van der Waals surface area (Å²) in [5, 5.41) is 18.7. The molecular formula is C23H29FN4O4. The highest BCUT2D eigenvalue weighted by molar-refractivity contribution is 6.42. The average molecular weight is 445 g/mol. The van der Waals surface area contributed by atoms with Gasteiger partial charge in [0.1, 0.15) is 17.7 Å². The number of ketones is 1. The largest absolute Gasteiger partial charge is 0.465 e. The first-order valence-electron chi connectivity index (χ1n) is 10.9. The van der Waals surface area contributed by atoms with Crippen LogP contribution in [-0.2, 0) is 16.0 Å². The number of hydrogen-bond donors (Lipinski definition) is 3. The molecular weight excluding hydrogens is 415 g/mol. The zero-order chi connectivity index (χ0) is 23.1. The number of Topliss-reactive ketones (excluding diaryl/α,β-unsaturated/α-hetero) is 1. The third-order valence-corrected chi connectivity index (χ3v) is 6.14. The number of benzene rings is 1. The van der Waals surface area contributed by atoms with E-state index in [1.165, 1.54) is 24.4 Å². The van der Waals surface area contributed by atoms with Crippen LogP contribution in [0.1, 0.15) is 51.0 Å². The van der Waals surface area contributed by atoms with Gasteiger partial charge in [-0.15, -0.1) is 0 Å². The molecule has 1 atom stereocenters. The summed E-state index contributed by atoms with van der Waals surface area (Å²) >= 11 is 0. The third kappa shape index (κ3) is 5.72. The maximum atomic E-state index is 13.3. The molecule has 0 radical (unpaired) electrons. The number of carboxylic acid groups (broad SMARTS) is 1. The Hall–Kier alpha value is -3.23. The number of aromatic nitrogens is 2. The summed E-state index contributed by atoms with van der Waals surface area (Å²) in [6.07, 6.45) is 5.03. The number of amides is 2. The zero-order valence-corrected chi connectivity index (χ0v) is 18.1. The van der Waals surface area contributed by atoms with Gasteiger partial charge in [-0.2, -0.15) is 5.10 Å². The van der Waals surface area contributed by atoms with E-state index in [4.69, 9.17) is 0 Å². The summed E-state index contributed by atoms with van der Waals surface area (Å²) in [5.74, 6) is -1.71. The second kappa shape index (κ2) is 10.4. The number of hydrogen-bond acceptors (Lipinski definition) is 4. The number of halogens is 1. The highest BCUT2D eigenvalue weighted by atomic mass is 19.1. The van der Waals surface area contributed by atoms with E-state index < -0.39 is 23.8 Å². The SMILES string of the molecule is CCCCC(C(=O)C(=O)Nc1ccn[nH]1)N(CC1(Cc2ccc(F)cc2)CCC1)C(=O)O. The predicted octanol–water partition coefficient (Wildman–Crippen LogP) is 4.01. The van der Waals surface area contributed by atoms with Crippen LogP contribution in [0.25, 0.3) is 0 Å². The number of unbranched alkanes of at least 4 members (excludes halogenated alkanes) is 1. The molecule has 0 aliphatic heterocycles. The maximum absolute atomic E-state index is 13.3. The molecule has 172 valence electrons. The van der Waals surface area contributed by atoms with Gasteiger partial charge in [0.15, 0.2) is 0 Å². The van der Waals surface area contributed by atoms with Crippen LogP contribution in [0.2, 0.25) is 0 Å². The zero-order valence-electron chi connectivity index (χ0n) is 18.1. The normalized spacial score (nSPS) is 15.4. The van der Waals surface area contributed by atoms with Gasteiger partial charge in [-0.3, -0.25) is 19.6 Å². The molecule has 1 aliphatic rings. The Labute approximate surface area is 186 Å². The van der Waals surface area contributed by atoms with E-state index in [9.17, 15) is 23.9 Å². The van der Waals surface area contributed by atoms with Crippen molar-refractivity contribution in [3.63, 3.8) is 0 Å². The average Bonchev–Trinajstić information content (AvgIpc) is 3.25. The van der Waals surface area contributed by atoms with Crippen LogP contribution in [0.4, 0.5) is 15.0 Å². The van der Waals surface area contributed by atoms with Crippen molar-refractivity contribution in [1.29, 1.82) is 0 Å². The van der Waals surface area contributed by atoms with E-state index >= 15 is 0 Å². The molecule has 8 nitrogen and oxygen atoms in total. The first-order valence-corrected chi connectivity index (χ1v) is 10.9. The van der Waals surface area contributed by atoms with Crippen molar-refractivity contribution in [2.45, 2.75) is 57.9 Å². The molecule has 2 aromatic rings. The Morgan fingerprint density at radius 1 is 1.25 bits per heavy atom. The Balaban J connectivity index is 1.79. The fourth-order valence-electron chi connectivity index (χ4n) is 4.26. The Bertz CT molecular complexity index is 926. The van der Waals surface area contributed by atoms with Crippen molar-refractivity contribution < 1.29 is 23.9 Å². The van der Waals surface area contributed by atoms with E-state index in [0.717, 1.165) is 36.1 Å². The van der Waals surface area contributed by atoms with Crippen LogP contribution in [0.15, 0.2) is 36.5 Å². The number of anilines is 1. The van der Waals surface area contributed by atoms with Crippen LogP contribution < -0.4 is 5.32 Å². The molecule has 1 unspecified atom stereocenters. The number of H-pyrrole nitrogens is 1. The minimum absolute atomic E-state index is 0.150. The summed E-state index contributed by atoms with van der Waals surface area (Å²) in [6.45, 7) is 2.09. The monoisotopic (exact) mass is 444 g/mol. The van der Waals surface area contributed by atoms with Crippen molar-refractivity contribution in [3.05, 3.63) is 47.9 Å². The fraction of sp³-hybridized carbons (Fsp3) is 0.478. The van der Waals surface area contributed by atoms with Gasteiger partial charge in [0, 0.05) is 12.6 Å². The Kier molecular flexibility index (Phi) is 7.61. The molecule has 3 N–H and O–H groups in total. The number of nitrogens with one attached hydrogen (secondary N) is 2.